The van der Waals surface area contributed by atoms with Crippen molar-refractivity contribution < 1.29 is 8.42 Å². The van der Waals surface area contributed by atoms with E-state index in [-0.39, 0.29) is 0 Å². The Labute approximate surface area is 145 Å². The maximum atomic E-state index is 11.4. The molecule has 6 nitrogen and oxygen atoms in total. The molecule has 0 saturated carbocycles. The van der Waals surface area contributed by atoms with Crippen molar-refractivity contribution in [1.82, 2.24) is 14.9 Å². The number of nitrogens with one attached hydrogen (secondary N) is 2. The summed E-state index contributed by atoms with van der Waals surface area (Å²) < 4.78 is 25.5. The van der Waals surface area contributed by atoms with Crippen LogP contribution in [-0.4, -0.2) is 68.3 Å². The Hall–Kier alpha value is -0.470. The van der Waals surface area contributed by atoms with Crippen LogP contribution in [0.25, 0.3) is 0 Å². The van der Waals surface area contributed by atoms with E-state index in [0.717, 1.165) is 31.3 Å². The molecule has 0 aromatic rings. The Kier molecular flexibility index (Phi) is 7.67. The van der Waals surface area contributed by atoms with Crippen molar-refractivity contribution in [2.75, 3.05) is 38.2 Å². The number of hydrogen-bond acceptors (Lipinski definition) is 4. The van der Waals surface area contributed by atoms with Crippen LogP contribution >= 0.6 is 11.8 Å². The molecular weight excluding hydrogens is 332 g/mol. The summed E-state index contributed by atoms with van der Waals surface area (Å²) in [6.07, 6.45) is 1.18. The Bertz CT molecular complexity index is 504. The van der Waals surface area contributed by atoms with E-state index in [4.69, 9.17) is 0 Å². The fourth-order valence-electron chi connectivity index (χ4n) is 2.50. The summed E-state index contributed by atoms with van der Waals surface area (Å²) in [5, 5.41) is 3.94. The van der Waals surface area contributed by atoms with Gasteiger partial charge in [-0.05, 0) is 26.7 Å². The van der Waals surface area contributed by atoms with E-state index in [1.165, 1.54) is 6.26 Å². The first-order valence-electron chi connectivity index (χ1n) is 8.18. The zero-order chi connectivity index (χ0) is 17.7. The molecule has 8 heteroatoms. The second-order valence-corrected chi connectivity index (χ2v) is 10.1. The lowest BCUT2D eigenvalue weighted by Gasteiger charge is -2.36. The highest BCUT2D eigenvalue weighted by atomic mass is 32.2. The molecule has 0 radical (unpaired) electrons. The van der Waals surface area contributed by atoms with Crippen molar-refractivity contribution in [3.63, 3.8) is 0 Å². The summed E-state index contributed by atoms with van der Waals surface area (Å²) in [6.45, 7) is 13.4. The number of nitrogens with zero attached hydrogens (tertiary/aromatic N) is 2. The average molecular weight is 365 g/mol. The van der Waals surface area contributed by atoms with Gasteiger partial charge in [-0.1, -0.05) is 13.8 Å². The Balaban J connectivity index is 2.80. The zero-order valence-corrected chi connectivity index (χ0v) is 16.9. The monoisotopic (exact) mass is 364 g/mol. The Morgan fingerprint density at radius 2 is 2.09 bits per heavy atom. The van der Waals surface area contributed by atoms with Crippen LogP contribution in [0.5, 0.6) is 0 Å². The highest BCUT2D eigenvalue weighted by molar-refractivity contribution is 8.00. The van der Waals surface area contributed by atoms with Crippen molar-refractivity contribution in [2.45, 2.75) is 45.4 Å². The van der Waals surface area contributed by atoms with Crippen LogP contribution in [0.4, 0.5) is 0 Å². The third-order valence-corrected chi connectivity index (χ3v) is 6.02. The second kappa shape index (κ2) is 8.58. The van der Waals surface area contributed by atoms with Crippen LogP contribution in [0.3, 0.4) is 0 Å². The molecule has 136 valence electrons. The van der Waals surface area contributed by atoms with Gasteiger partial charge >= 0.3 is 0 Å². The van der Waals surface area contributed by atoms with Gasteiger partial charge in [-0.2, -0.15) is 11.8 Å². The summed E-state index contributed by atoms with van der Waals surface area (Å²) >= 11 is 2.03. The van der Waals surface area contributed by atoms with Crippen molar-refractivity contribution in [2.24, 2.45) is 10.9 Å². The molecule has 0 spiro atoms. The zero-order valence-electron chi connectivity index (χ0n) is 15.2. The summed E-state index contributed by atoms with van der Waals surface area (Å²) in [6, 6.07) is 0. The lowest BCUT2D eigenvalue weighted by molar-refractivity contribution is 0.377. The van der Waals surface area contributed by atoms with E-state index in [9.17, 15) is 8.42 Å². The lowest BCUT2D eigenvalue weighted by Crippen LogP contribution is -2.50. The molecular formula is C15H32N4O2S2. The van der Waals surface area contributed by atoms with E-state index >= 15 is 0 Å². The summed E-state index contributed by atoms with van der Waals surface area (Å²) in [7, 11) is -3.24. The van der Waals surface area contributed by atoms with Gasteiger partial charge in [0, 0.05) is 36.2 Å². The highest BCUT2D eigenvalue weighted by Crippen LogP contribution is 2.24. The van der Waals surface area contributed by atoms with Gasteiger partial charge in [0.2, 0.25) is 10.0 Å². The molecule has 0 bridgehead atoms. The largest absolute Gasteiger partial charge is 0.357 e. The highest BCUT2D eigenvalue weighted by Gasteiger charge is 2.26. The standard InChI is InChI=1S/C15H32N4O2S2/c1-7-16-14(17-11-15(4,5)18-23(6,20)21)19-8-9-22-13(10-19)12(2)3/h12-13,18H,7-11H2,1-6H3,(H,16,17). The maximum absolute atomic E-state index is 11.4. The summed E-state index contributed by atoms with van der Waals surface area (Å²) in [4.78, 5) is 6.97. The van der Waals surface area contributed by atoms with Crippen LogP contribution < -0.4 is 10.0 Å². The van der Waals surface area contributed by atoms with Gasteiger partial charge in [-0.25, -0.2) is 13.1 Å². The number of thioether (sulfide) groups is 1. The van der Waals surface area contributed by atoms with Gasteiger partial charge in [0.25, 0.3) is 0 Å². The fraction of sp³-hybridized carbons (Fsp3) is 0.933. The molecule has 0 aromatic carbocycles. The van der Waals surface area contributed by atoms with Crippen molar-refractivity contribution in [3.05, 3.63) is 0 Å². The van der Waals surface area contributed by atoms with Gasteiger partial charge in [0.05, 0.1) is 12.8 Å². The Morgan fingerprint density at radius 3 is 2.61 bits per heavy atom. The third kappa shape index (κ3) is 7.76. The summed E-state index contributed by atoms with van der Waals surface area (Å²) in [5.74, 6) is 2.61. The summed E-state index contributed by atoms with van der Waals surface area (Å²) in [5.41, 5.74) is -0.601. The fourth-order valence-corrected chi connectivity index (χ4v) is 4.87. The minimum atomic E-state index is -3.24. The van der Waals surface area contributed by atoms with E-state index in [1.807, 2.05) is 32.5 Å². The number of guanidine groups is 1. The Morgan fingerprint density at radius 1 is 1.43 bits per heavy atom. The first-order valence-corrected chi connectivity index (χ1v) is 11.1. The van der Waals surface area contributed by atoms with Gasteiger partial charge < -0.3 is 10.2 Å². The van der Waals surface area contributed by atoms with Gasteiger partial charge in [-0.15, -0.1) is 0 Å². The van der Waals surface area contributed by atoms with Crippen LogP contribution in [-0.2, 0) is 10.0 Å². The van der Waals surface area contributed by atoms with Gasteiger partial charge in [0.15, 0.2) is 5.96 Å². The van der Waals surface area contributed by atoms with E-state index in [2.05, 4.69) is 33.8 Å². The molecule has 1 rings (SSSR count). The third-order valence-electron chi connectivity index (χ3n) is 3.56. The molecule has 1 aliphatic rings. The van der Waals surface area contributed by atoms with Gasteiger partial charge in [0.1, 0.15) is 0 Å². The number of sulfonamides is 1. The van der Waals surface area contributed by atoms with Crippen LogP contribution in [0.2, 0.25) is 0 Å². The molecule has 1 atom stereocenters. The van der Waals surface area contributed by atoms with E-state index in [0.29, 0.717) is 17.7 Å². The second-order valence-electron chi connectivity index (χ2n) is 7.03. The molecule has 1 heterocycles. The number of aliphatic imine (C=N–C) groups is 1. The SMILES string of the molecule is CCNC(=NCC(C)(C)NS(C)(=O)=O)N1CCSC(C(C)C)C1. The first-order chi connectivity index (χ1) is 10.5. The molecule has 2 N–H and O–H groups in total. The smallest absolute Gasteiger partial charge is 0.209 e. The maximum Gasteiger partial charge on any atom is 0.209 e. The first kappa shape index (κ1) is 20.6. The van der Waals surface area contributed by atoms with Crippen LogP contribution in [0.15, 0.2) is 4.99 Å². The molecule has 1 unspecified atom stereocenters. The predicted molar refractivity (Wildman–Crippen MR) is 101 cm³/mol. The molecule has 0 amide bonds. The number of rotatable bonds is 6. The molecule has 1 fully saturated rings. The van der Waals surface area contributed by atoms with Crippen molar-refractivity contribution in [3.8, 4) is 0 Å². The van der Waals surface area contributed by atoms with Crippen LogP contribution in [0.1, 0.15) is 34.6 Å². The van der Waals surface area contributed by atoms with E-state index < -0.39 is 15.6 Å². The topological polar surface area (TPSA) is 73.8 Å². The predicted octanol–water partition coefficient (Wildman–Crippen LogP) is 1.35. The molecule has 23 heavy (non-hydrogen) atoms. The lowest BCUT2D eigenvalue weighted by atomic mass is 10.1. The van der Waals surface area contributed by atoms with E-state index in [1.54, 1.807) is 0 Å². The molecule has 1 aliphatic heterocycles. The quantitative estimate of drug-likeness (QED) is 0.550. The van der Waals surface area contributed by atoms with Gasteiger partial charge in [-0.3, -0.25) is 4.99 Å². The van der Waals surface area contributed by atoms with Crippen molar-refractivity contribution >= 4 is 27.7 Å². The minimum absolute atomic E-state index is 0.401. The average Bonchev–Trinajstić information content (AvgIpc) is 2.41. The van der Waals surface area contributed by atoms with Crippen LogP contribution in [0, 0.1) is 5.92 Å². The minimum Gasteiger partial charge on any atom is -0.357 e. The van der Waals surface area contributed by atoms with Crippen molar-refractivity contribution in [1.29, 1.82) is 0 Å². The molecule has 1 saturated heterocycles. The molecule has 0 aliphatic carbocycles. The normalized spacial score (nSPS) is 20.9. The molecule has 0 aromatic heterocycles. The number of hydrogen-bond donors (Lipinski definition) is 2.